The zero-order chi connectivity index (χ0) is 23.4. The van der Waals surface area contributed by atoms with Crippen molar-refractivity contribution < 1.29 is 24.1 Å². The molecule has 0 saturated heterocycles. The number of fused-ring (bicyclic) bond motifs is 1. The summed E-state index contributed by atoms with van der Waals surface area (Å²) in [4.78, 5) is 30.8. The number of hydrogen-bond donors (Lipinski definition) is 2. The fraction of sp³-hybridized carbons (Fsp3) is 0.318. The Bertz CT molecular complexity index is 1210. The van der Waals surface area contributed by atoms with Gasteiger partial charge in [0.25, 0.3) is 0 Å². The van der Waals surface area contributed by atoms with E-state index in [1.54, 1.807) is 12.1 Å². The van der Waals surface area contributed by atoms with Crippen molar-refractivity contribution >= 4 is 28.6 Å². The average molecular weight is 464 g/mol. The maximum Gasteiger partial charge on any atom is 0.341 e. The summed E-state index contributed by atoms with van der Waals surface area (Å²) in [6.45, 7) is 0.620. The van der Waals surface area contributed by atoms with Gasteiger partial charge in [-0.3, -0.25) is 4.79 Å². The van der Waals surface area contributed by atoms with Gasteiger partial charge in [0.15, 0.2) is 0 Å². The highest BCUT2D eigenvalue weighted by Gasteiger charge is 2.20. The lowest BCUT2D eigenvalue weighted by Gasteiger charge is -2.17. The van der Waals surface area contributed by atoms with Crippen LogP contribution in [0.5, 0.6) is 5.88 Å². The Morgan fingerprint density at radius 3 is 2.72 bits per heavy atom. The number of carboxylic acid groups (broad SMARTS) is 1. The highest BCUT2D eigenvalue weighted by atomic mass is 35.5. The number of aromatic nitrogens is 2. The number of carbonyl (C=O) groups is 1. The molecule has 0 atom stereocenters. The minimum Gasteiger partial charge on any atom is -0.477 e. The number of aliphatic hydroxyl groups is 1. The molecule has 2 heterocycles. The summed E-state index contributed by atoms with van der Waals surface area (Å²) in [6, 6.07) is 6.07. The van der Waals surface area contributed by atoms with E-state index in [0.29, 0.717) is 12.1 Å². The molecule has 8 nitrogen and oxygen atoms in total. The lowest BCUT2D eigenvalue weighted by Crippen LogP contribution is -2.22. The van der Waals surface area contributed by atoms with Crippen molar-refractivity contribution in [1.29, 1.82) is 0 Å². The van der Waals surface area contributed by atoms with Crippen molar-refractivity contribution in [3.8, 4) is 5.88 Å². The second kappa shape index (κ2) is 10.1. The van der Waals surface area contributed by atoms with E-state index in [-0.39, 0.29) is 53.7 Å². The maximum atomic E-state index is 14.5. The first-order valence-electron chi connectivity index (χ1n) is 9.84. The van der Waals surface area contributed by atoms with Crippen LogP contribution >= 0.6 is 11.6 Å². The van der Waals surface area contributed by atoms with Gasteiger partial charge in [0.1, 0.15) is 23.6 Å². The summed E-state index contributed by atoms with van der Waals surface area (Å²) in [5.41, 5.74) is -0.311. The van der Waals surface area contributed by atoms with E-state index in [1.807, 2.05) is 19.0 Å². The Labute approximate surface area is 188 Å². The van der Waals surface area contributed by atoms with E-state index in [1.165, 1.54) is 16.7 Å². The quantitative estimate of drug-likeness (QED) is 0.502. The number of benzene rings is 1. The molecule has 0 saturated carbocycles. The van der Waals surface area contributed by atoms with Crippen LogP contribution in [0.1, 0.15) is 21.5 Å². The van der Waals surface area contributed by atoms with Gasteiger partial charge < -0.3 is 24.4 Å². The number of ether oxygens (including phenoxy) is 1. The summed E-state index contributed by atoms with van der Waals surface area (Å²) in [6.07, 6.45) is 1.18. The summed E-state index contributed by atoms with van der Waals surface area (Å²) in [5, 5.41) is 18.8. The third-order valence-corrected chi connectivity index (χ3v) is 5.14. The molecule has 3 rings (SSSR count). The predicted octanol–water partition coefficient (Wildman–Crippen LogP) is 2.41. The van der Waals surface area contributed by atoms with Crippen molar-refractivity contribution in [2.24, 2.45) is 0 Å². The van der Waals surface area contributed by atoms with Crippen LogP contribution < -0.4 is 10.2 Å². The molecule has 0 amide bonds. The van der Waals surface area contributed by atoms with Crippen molar-refractivity contribution in [3.63, 3.8) is 0 Å². The molecule has 0 unspecified atom stereocenters. The van der Waals surface area contributed by atoms with Crippen LogP contribution in [0.15, 0.2) is 35.3 Å². The molecule has 0 fully saturated rings. The van der Waals surface area contributed by atoms with Crippen LogP contribution in [0.25, 0.3) is 11.0 Å². The molecule has 2 N–H and O–H groups in total. The summed E-state index contributed by atoms with van der Waals surface area (Å²) < 4.78 is 21.8. The Morgan fingerprint density at radius 2 is 2.06 bits per heavy atom. The van der Waals surface area contributed by atoms with Crippen LogP contribution in [0.2, 0.25) is 5.02 Å². The lowest BCUT2D eigenvalue weighted by molar-refractivity contribution is 0.0694. The molecule has 0 aliphatic carbocycles. The fourth-order valence-electron chi connectivity index (χ4n) is 3.23. The van der Waals surface area contributed by atoms with Crippen LogP contribution in [0, 0.1) is 5.82 Å². The van der Waals surface area contributed by atoms with E-state index in [2.05, 4.69) is 4.98 Å². The molecule has 10 heteroatoms. The standard InChI is InChI=1S/C22H23ClFN3O5/c1-26(2)7-9-32-21-14(10-13-4-3-5-17(23)18(13)24)11-15-19(29)16(22(30)31)12-27(6-8-28)20(15)25-21/h3-5,11-12,28H,6-10H2,1-2H3,(H,30,31). The number of aliphatic hydroxyl groups excluding tert-OH is 1. The first kappa shape index (κ1) is 23.6. The van der Waals surface area contributed by atoms with Gasteiger partial charge >= 0.3 is 5.97 Å². The van der Waals surface area contributed by atoms with Crippen molar-refractivity contribution in [1.82, 2.24) is 14.5 Å². The Balaban J connectivity index is 2.21. The molecule has 3 aromatic rings. The lowest BCUT2D eigenvalue weighted by atomic mass is 10.0. The number of halogens is 2. The van der Waals surface area contributed by atoms with E-state index >= 15 is 0 Å². The van der Waals surface area contributed by atoms with Gasteiger partial charge in [0, 0.05) is 31.3 Å². The molecule has 2 aromatic heterocycles. The van der Waals surface area contributed by atoms with Crippen LogP contribution in [-0.4, -0.2) is 64.5 Å². The van der Waals surface area contributed by atoms with E-state index < -0.39 is 22.8 Å². The van der Waals surface area contributed by atoms with Crippen molar-refractivity contribution in [3.05, 3.63) is 68.2 Å². The van der Waals surface area contributed by atoms with Crippen molar-refractivity contribution in [2.45, 2.75) is 13.0 Å². The Morgan fingerprint density at radius 1 is 1.31 bits per heavy atom. The van der Waals surface area contributed by atoms with Crippen LogP contribution in [0.4, 0.5) is 4.39 Å². The van der Waals surface area contributed by atoms with Gasteiger partial charge in [0.2, 0.25) is 11.3 Å². The Kier molecular flexibility index (Phi) is 7.44. The van der Waals surface area contributed by atoms with Gasteiger partial charge in [-0.15, -0.1) is 0 Å². The topological polar surface area (TPSA) is 105 Å². The average Bonchev–Trinajstić information content (AvgIpc) is 2.73. The number of hydrogen-bond acceptors (Lipinski definition) is 6. The number of pyridine rings is 2. The monoisotopic (exact) mass is 463 g/mol. The SMILES string of the molecule is CN(C)CCOc1nc2c(cc1Cc1cccc(Cl)c1F)c(=O)c(C(=O)O)cn2CCO. The molecule has 32 heavy (non-hydrogen) atoms. The number of likely N-dealkylation sites (N-methyl/N-ethyl adjacent to an activating group) is 1. The molecule has 0 bridgehead atoms. The third-order valence-electron chi connectivity index (χ3n) is 4.85. The highest BCUT2D eigenvalue weighted by molar-refractivity contribution is 6.30. The number of aromatic carboxylic acids is 1. The summed E-state index contributed by atoms with van der Waals surface area (Å²) in [7, 11) is 3.76. The highest BCUT2D eigenvalue weighted by Crippen LogP contribution is 2.27. The predicted molar refractivity (Wildman–Crippen MR) is 118 cm³/mol. The molecule has 0 radical (unpaired) electrons. The molecule has 1 aromatic carbocycles. The van der Waals surface area contributed by atoms with Gasteiger partial charge in [-0.1, -0.05) is 23.7 Å². The van der Waals surface area contributed by atoms with Gasteiger partial charge in [0.05, 0.1) is 17.0 Å². The number of carboxylic acids is 1. The molecular weight excluding hydrogens is 441 g/mol. The second-order valence-electron chi connectivity index (χ2n) is 7.46. The Hall–Kier alpha value is -3.01. The molecule has 170 valence electrons. The van der Waals surface area contributed by atoms with E-state index in [9.17, 15) is 24.2 Å². The third kappa shape index (κ3) is 5.07. The number of rotatable bonds is 9. The molecular formula is C22H23ClFN3O5. The minimum atomic E-state index is -1.39. The summed E-state index contributed by atoms with van der Waals surface area (Å²) >= 11 is 5.90. The van der Waals surface area contributed by atoms with Crippen LogP contribution in [-0.2, 0) is 13.0 Å². The summed E-state index contributed by atoms with van der Waals surface area (Å²) in [5.74, 6) is -1.80. The zero-order valence-electron chi connectivity index (χ0n) is 17.6. The first-order valence-corrected chi connectivity index (χ1v) is 10.2. The maximum absolute atomic E-state index is 14.5. The molecule has 0 spiro atoms. The zero-order valence-corrected chi connectivity index (χ0v) is 18.4. The number of nitrogens with zero attached hydrogens (tertiary/aromatic N) is 3. The van der Waals surface area contributed by atoms with Crippen LogP contribution in [0.3, 0.4) is 0 Å². The molecule has 0 aliphatic rings. The minimum absolute atomic E-state index is 0.0311. The van der Waals surface area contributed by atoms with Gasteiger partial charge in [-0.2, -0.15) is 4.98 Å². The van der Waals surface area contributed by atoms with Crippen molar-refractivity contribution in [2.75, 3.05) is 33.9 Å². The second-order valence-corrected chi connectivity index (χ2v) is 7.87. The van der Waals surface area contributed by atoms with E-state index in [0.717, 1.165) is 6.20 Å². The van der Waals surface area contributed by atoms with Gasteiger partial charge in [-0.25, -0.2) is 9.18 Å². The smallest absolute Gasteiger partial charge is 0.341 e. The fourth-order valence-corrected chi connectivity index (χ4v) is 3.43. The first-order chi connectivity index (χ1) is 15.2. The normalized spacial score (nSPS) is 11.3. The van der Waals surface area contributed by atoms with Gasteiger partial charge in [-0.05, 0) is 31.8 Å². The van der Waals surface area contributed by atoms with E-state index in [4.69, 9.17) is 16.3 Å². The largest absolute Gasteiger partial charge is 0.477 e. The molecule has 0 aliphatic heterocycles.